The zero-order chi connectivity index (χ0) is 23.5. The average molecular weight is 466 g/mol. The van der Waals surface area contributed by atoms with Crippen molar-refractivity contribution in [3.05, 3.63) is 47.3 Å². The number of esters is 1. The first-order valence-corrected chi connectivity index (χ1v) is 11.1. The second-order valence-corrected chi connectivity index (χ2v) is 8.86. The van der Waals surface area contributed by atoms with Crippen LogP contribution in [0.1, 0.15) is 33.6 Å². The molecule has 1 saturated heterocycles. The van der Waals surface area contributed by atoms with Gasteiger partial charge in [-0.25, -0.2) is 17.6 Å². The number of ether oxygens (including phenoxy) is 3. The number of nitrogens with zero attached hydrogens (tertiary/aromatic N) is 1. The lowest BCUT2D eigenvalue weighted by Gasteiger charge is -2.17. The van der Waals surface area contributed by atoms with Crippen LogP contribution in [-0.2, 0) is 14.8 Å². The third-order valence-corrected chi connectivity index (χ3v) is 6.97. The van der Waals surface area contributed by atoms with Crippen molar-refractivity contribution in [3.8, 4) is 11.5 Å². The molecule has 0 unspecified atom stereocenters. The topological polar surface area (TPSA) is 111 Å². The molecule has 1 aliphatic heterocycles. The Morgan fingerprint density at radius 3 is 2.22 bits per heavy atom. The molecule has 0 aliphatic carbocycles. The highest BCUT2D eigenvalue weighted by molar-refractivity contribution is 7.89. The molecule has 9 nitrogen and oxygen atoms in total. The Labute approximate surface area is 185 Å². The van der Waals surface area contributed by atoms with E-state index in [0.717, 1.165) is 18.2 Å². The molecule has 172 valence electrons. The number of amides is 1. The van der Waals surface area contributed by atoms with Crippen LogP contribution >= 0.6 is 0 Å². The van der Waals surface area contributed by atoms with Crippen LogP contribution in [0.2, 0.25) is 0 Å². The van der Waals surface area contributed by atoms with Crippen LogP contribution in [0.4, 0.5) is 10.1 Å². The molecule has 0 aromatic heterocycles. The molecular weight excluding hydrogens is 443 g/mol. The molecule has 2 aromatic carbocycles. The van der Waals surface area contributed by atoms with Crippen molar-refractivity contribution < 1.29 is 36.6 Å². The lowest BCUT2D eigenvalue weighted by molar-refractivity contribution is 0.0601. The summed E-state index contributed by atoms with van der Waals surface area (Å²) in [4.78, 5) is 24.5. The van der Waals surface area contributed by atoms with E-state index in [0.29, 0.717) is 25.9 Å². The molecule has 1 amide bonds. The third-order valence-electron chi connectivity index (χ3n) is 5.05. The van der Waals surface area contributed by atoms with Gasteiger partial charge in [-0.3, -0.25) is 4.79 Å². The van der Waals surface area contributed by atoms with Crippen molar-refractivity contribution in [2.45, 2.75) is 17.7 Å². The second kappa shape index (κ2) is 9.53. The van der Waals surface area contributed by atoms with E-state index < -0.39 is 32.6 Å². The van der Waals surface area contributed by atoms with Gasteiger partial charge >= 0.3 is 5.97 Å². The molecule has 1 N–H and O–H groups in total. The SMILES string of the molecule is COC(=O)c1cc(OC)c(OC)cc1NC(=O)c1ccc(F)c(S(=O)(=O)N2CCCC2)c1. The maximum Gasteiger partial charge on any atom is 0.340 e. The number of halogens is 1. The summed E-state index contributed by atoms with van der Waals surface area (Å²) in [5, 5.41) is 2.53. The summed E-state index contributed by atoms with van der Waals surface area (Å²) in [6.07, 6.45) is 1.38. The number of rotatable bonds is 7. The minimum absolute atomic E-state index is 0.00877. The number of hydrogen-bond acceptors (Lipinski definition) is 7. The maximum absolute atomic E-state index is 14.4. The molecule has 0 saturated carbocycles. The quantitative estimate of drug-likeness (QED) is 0.625. The number of hydrogen-bond donors (Lipinski definition) is 1. The van der Waals surface area contributed by atoms with Gasteiger partial charge in [-0.05, 0) is 31.0 Å². The molecule has 1 aliphatic rings. The Morgan fingerprint density at radius 1 is 1.00 bits per heavy atom. The van der Waals surface area contributed by atoms with E-state index in [2.05, 4.69) is 5.32 Å². The number of benzene rings is 2. The highest BCUT2D eigenvalue weighted by atomic mass is 32.2. The summed E-state index contributed by atoms with van der Waals surface area (Å²) in [6.45, 7) is 0.596. The van der Waals surface area contributed by atoms with E-state index in [-0.39, 0.29) is 28.3 Å². The average Bonchev–Trinajstić information content (AvgIpc) is 3.34. The minimum atomic E-state index is -4.08. The Hall–Kier alpha value is -3.18. The summed E-state index contributed by atoms with van der Waals surface area (Å²) < 4.78 is 56.3. The highest BCUT2D eigenvalue weighted by Gasteiger charge is 2.30. The fraction of sp³-hybridized carbons (Fsp3) is 0.333. The van der Waals surface area contributed by atoms with Gasteiger partial charge in [-0.15, -0.1) is 0 Å². The van der Waals surface area contributed by atoms with Crippen LogP contribution in [0, 0.1) is 5.82 Å². The fourth-order valence-electron chi connectivity index (χ4n) is 3.37. The van der Waals surface area contributed by atoms with Crippen LogP contribution < -0.4 is 14.8 Å². The summed E-state index contributed by atoms with van der Waals surface area (Å²) in [6, 6.07) is 5.78. The molecule has 2 aromatic rings. The van der Waals surface area contributed by atoms with Crippen molar-refractivity contribution >= 4 is 27.6 Å². The lowest BCUT2D eigenvalue weighted by atomic mass is 10.1. The highest BCUT2D eigenvalue weighted by Crippen LogP contribution is 2.34. The smallest absolute Gasteiger partial charge is 0.340 e. The van der Waals surface area contributed by atoms with Crippen molar-refractivity contribution in [2.75, 3.05) is 39.7 Å². The van der Waals surface area contributed by atoms with E-state index in [9.17, 15) is 22.4 Å². The normalized spacial score (nSPS) is 14.1. The van der Waals surface area contributed by atoms with Crippen LogP contribution in [0.25, 0.3) is 0 Å². The van der Waals surface area contributed by atoms with E-state index in [4.69, 9.17) is 14.2 Å². The monoisotopic (exact) mass is 466 g/mol. The van der Waals surface area contributed by atoms with Gasteiger partial charge in [0.05, 0.1) is 32.6 Å². The summed E-state index contributed by atoms with van der Waals surface area (Å²) in [5.41, 5.74) is -0.0620. The van der Waals surface area contributed by atoms with Crippen LogP contribution in [-0.4, -0.2) is 59.0 Å². The lowest BCUT2D eigenvalue weighted by Crippen LogP contribution is -2.29. The molecule has 3 rings (SSSR count). The Bertz CT molecular complexity index is 1150. The number of sulfonamides is 1. The number of nitrogens with one attached hydrogen (secondary N) is 1. The van der Waals surface area contributed by atoms with E-state index in [1.54, 1.807) is 0 Å². The number of carbonyl (C=O) groups excluding carboxylic acids is 2. The second-order valence-electron chi connectivity index (χ2n) is 6.95. The molecule has 1 heterocycles. The first-order valence-electron chi connectivity index (χ1n) is 9.68. The van der Waals surface area contributed by atoms with Gasteiger partial charge in [0, 0.05) is 30.8 Å². The molecule has 0 bridgehead atoms. The van der Waals surface area contributed by atoms with E-state index in [1.165, 1.54) is 37.8 Å². The van der Waals surface area contributed by atoms with Gasteiger partial charge < -0.3 is 19.5 Å². The predicted molar refractivity (Wildman–Crippen MR) is 113 cm³/mol. The van der Waals surface area contributed by atoms with Crippen molar-refractivity contribution in [3.63, 3.8) is 0 Å². The van der Waals surface area contributed by atoms with Crippen LogP contribution in [0.5, 0.6) is 11.5 Å². The standard InChI is InChI=1S/C21H23FN2O7S/c1-29-17-11-14(21(26)31-3)16(12-18(17)30-2)23-20(25)13-6-7-15(22)19(10-13)32(27,28)24-8-4-5-9-24/h6-7,10-12H,4-5,8-9H2,1-3H3,(H,23,25). The maximum atomic E-state index is 14.4. The van der Waals surface area contributed by atoms with Gasteiger partial charge in [-0.1, -0.05) is 0 Å². The first kappa shape index (κ1) is 23.5. The van der Waals surface area contributed by atoms with Gasteiger partial charge in [0.25, 0.3) is 5.91 Å². The van der Waals surface area contributed by atoms with Crippen molar-refractivity contribution in [1.29, 1.82) is 0 Å². The Kier molecular flexibility index (Phi) is 6.99. The van der Waals surface area contributed by atoms with Crippen molar-refractivity contribution in [1.82, 2.24) is 4.31 Å². The molecule has 1 fully saturated rings. The Balaban J connectivity index is 1.98. The van der Waals surface area contributed by atoms with Crippen LogP contribution in [0.3, 0.4) is 0 Å². The molecule has 0 spiro atoms. The van der Waals surface area contributed by atoms with E-state index >= 15 is 0 Å². The zero-order valence-electron chi connectivity index (χ0n) is 17.8. The Morgan fingerprint density at radius 2 is 1.62 bits per heavy atom. The number of methoxy groups -OCH3 is 3. The molecule has 0 radical (unpaired) electrons. The summed E-state index contributed by atoms with van der Waals surface area (Å²) >= 11 is 0. The molecule has 0 atom stereocenters. The fourth-order valence-corrected chi connectivity index (χ4v) is 4.97. The van der Waals surface area contributed by atoms with Gasteiger partial charge in [0.2, 0.25) is 10.0 Å². The largest absolute Gasteiger partial charge is 0.493 e. The summed E-state index contributed by atoms with van der Waals surface area (Å²) in [7, 11) is -0.123. The molecule has 32 heavy (non-hydrogen) atoms. The number of anilines is 1. The third kappa shape index (κ3) is 4.53. The van der Waals surface area contributed by atoms with Gasteiger partial charge in [-0.2, -0.15) is 4.31 Å². The molecule has 11 heteroatoms. The molecular formula is C21H23FN2O7S. The predicted octanol–water partition coefficient (Wildman–Crippen LogP) is 2.67. The first-order chi connectivity index (χ1) is 15.2. The van der Waals surface area contributed by atoms with Gasteiger partial charge in [0.15, 0.2) is 11.5 Å². The van der Waals surface area contributed by atoms with Crippen LogP contribution in [0.15, 0.2) is 35.2 Å². The minimum Gasteiger partial charge on any atom is -0.493 e. The summed E-state index contributed by atoms with van der Waals surface area (Å²) in [5.74, 6) is -1.95. The van der Waals surface area contributed by atoms with Crippen molar-refractivity contribution in [2.24, 2.45) is 0 Å². The van der Waals surface area contributed by atoms with E-state index in [1.807, 2.05) is 0 Å². The zero-order valence-corrected chi connectivity index (χ0v) is 18.6. The number of carbonyl (C=O) groups is 2. The van der Waals surface area contributed by atoms with Gasteiger partial charge in [0.1, 0.15) is 10.7 Å².